The molecule has 4 N–H and O–H groups in total. The quantitative estimate of drug-likeness (QED) is 0.395. The van der Waals surface area contributed by atoms with Crippen LogP contribution in [-0.4, -0.2) is 53.0 Å². The number of hydrogen-bond acceptors (Lipinski definition) is 8. The number of carbonyl (C=O) groups excluding carboxylic acids is 1. The highest BCUT2D eigenvalue weighted by atomic mass is 32.2. The molecule has 33 heavy (non-hydrogen) atoms. The molecule has 3 heterocycles. The Bertz CT molecular complexity index is 999. The van der Waals surface area contributed by atoms with Gasteiger partial charge in [0.25, 0.3) is 5.91 Å². The first kappa shape index (κ1) is 22.3. The highest BCUT2D eigenvalue weighted by Gasteiger charge is 2.51. The predicted octanol–water partition coefficient (Wildman–Crippen LogP) is 3.98. The second-order valence-corrected chi connectivity index (χ2v) is 10.2. The Hall–Kier alpha value is -2.52. The number of rotatable bonds is 4. The molecule has 1 aromatic carbocycles. The molecule has 2 aliphatic heterocycles. The van der Waals surface area contributed by atoms with Crippen molar-refractivity contribution in [2.45, 2.75) is 38.5 Å². The number of carbonyl (C=O) groups is 1. The molecule has 1 saturated carbocycles. The number of piperidine rings is 1. The van der Waals surface area contributed by atoms with Crippen LogP contribution in [0, 0.1) is 11.3 Å². The van der Waals surface area contributed by atoms with Crippen molar-refractivity contribution >= 4 is 41.0 Å². The number of aliphatic hydroxyl groups is 1. The monoisotopic (exact) mass is 468 g/mol. The first-order valence-electron chi connectivity index (χ1n) is 11.9. The molecule has 2 fully saturated rings. The molecule has 3 aliphatic rings. The average Bonchev–Trinajstić information content (AvgIpc) is 3.60. The van der Waals surface area contributed by atoms with Crippen molar-refractivity contribution in [3.8, 4) is 0 Å². The van der Waals surface area contributed by atoms with E-state index in [1.54, 1.807) is 12.3 Å². The van der Waals surface area contributed by atoms with Gasteiger partial charge in [0.05, 0.1) is 17.9 Å². The van der Waals surface area contributed by atoms with Gasteiger partial charge in [-0.15, -0.1) is 0 Å². The van der Waals surface area contributed by atoms with Crippen LogP contribution in [0.15, 0.2) is 30.5 Å². The van der Waals surface area contributed by atoms with E-state index in [1.165, 1.54) is 44.1 Å². The lowest BCUT2D eigenvalue weighted by molar-refractivity contribution is 0.102. The lowest BCUT2D eigenvalue weighted by Crippen LogP contribution is -2.42. The van der Waals surface area contributed by atoms with Crippen molar-refractivity contribution in [2.24, 2.45) is 11.3 Å². The highest BCUT2D eigenvalue weighted by Crippen LogP contribution is 2.58. The maximum absolute atomic E-state index is 13.3. The van der Waals surface area contributed by atoms with Gasteiger partial charge in [0.1, 0.15) is 5.82 Å². The second kappa shape index (κ2) is 9.77. The molecule has 5 rings (SSSR count). The molecular weight excluding hydrogens is 436 g/mol. The third-order valence-corrected chi connectivity index (χ3v) is 7.97. The number of benzene rings is 1. The molecule has 1 atom stereocenters. The van der Waals surface area contributed by atoms with Gasteiger partial charge in [-0.2, -0.15) is 4.98 Å². The average molecular weight is 469 g/mol. The highest BCUT2D eigenvalue weighted by molar-refractivity contribution is 8.00. The molecule has 1 aromatic heterocycles. The van der Waals surface area contributed by atoms with Crippen LogP contribution < -0.4 is 20.3 Å². The van der Waals surface area contributed by atoms with E-state index in [0.29, 0.717) is 34.4 Å². The summed E-state index contributed by atoms with van der Waals surface area (Å²) in [6.07, 6.45) is 9.02. The number of nitrogens with zero attached hydrogens (tertiary/aromatic N) is 3. The summed E-state index contributed by atoms with van der Waals surface area (Å²) < 4.78 is 3.30. The van der Waals surface area contributed by atoms with Crippen LogP contribution >= 0.6 is 11.9 Å². The van der Waals surface area contributed by atoms with E-state index in [1.807, 2.05) is 12.1 Å². The second-order valence-electron chi connectivity index (χ2n) is 9.30. The summed E-state index contributed by atoms with van der Waals surface area (Å²) in [6.45, 7) is 2.93. The number of aromatic nitrogens is 2. The Morgan fingerprint density at radius 2 is 2.15 bits per heavy atom. The Morgan fingerprint density at radius 3 is 3.00 bits per heavy atom. The predicted molar refractivity (Wildman–Crippen MR) is 134 cm³/mol. The topological polar surface area (TPSA) is 102 Å². The zero-order chi connectivity index (χ0) is 22.7. The molecule has 1 aliphatic carbocycles. The van der Waals surface area contributed by atoms with Gasteiger partial charge in [0.15, 0.2) is 0 Å². The van der Waals surface area contributed by atoms with E-state index in [2.05, 4.69) is 36.3 Å². The summed E-state index contributed by atoms with van der Waals surface area (Å²) in [6, 6.07) is 7.61. The standard InChI is InChI=1S/C24H32N6O2S/c31-13-14-33-29-18-4-5-19-20(15-18)30-12-9-24(7-8-24)17(16-30)3-1-2-10-25-23-26-11-6-21(28-23)27-22(19)32/h4-6,11,15,17,29,31H,1-3,7-10,12-14,16H2,(H2,25,26,27,28,32)/t17-/m1/s1. The summed E-state index contributed by atoms with van der Waals surface area (Å²) in [5.74, 6) is 2.14. The fourth-order valence-electron chi connectivity index (χ4n) is 5.19. The van der Waals surface area contributed by atoms with Gasteiger partial charge in [-0.3, -0.25) is 4.79 Å². The van der Waals surface area contributed by atoms with E-state index in [-0.39, 0.29) is 12.5 Å². The molecule has 0 unspecified atom stereocenters. The maximum Gasteiger partial charge on any atom is 0.258 e. The first-order chi connectivity index (χ1) is 16.2. The van der Waals surface area contributed by atoms with Crippen molar-refractivity contribution < 1.29 is 9.90 Å². The molecule has 176 valence electrons. The minimum absolute atomic E-state index is 0.122. The van der Waals surface area contributed by atoms with Gasteiger partial charge < -0.3 is 25.4 Å². The number of aliphatic hydroxyl groups excluding tert-OH is 1. The molecular formula is C24H32N6O2S. The minimum Gasteiger partial charge on any atom is -0.395 e. The summed E-state index contributed by atoms with van der Waals surface area (Å²) in [4.78, 5) is 24.5. The van der Waals surface area contributed by atoms with Crippen LogP contribution in [0.1, 0.15) is 48.9 Å². The van der Waals surface area contributed by atoms with Gasteiger partial charge in [-0.05, 0) is 67.7 Å². The first-order valence-corrected chi connectivity index (χ1v) is 12.9. The molecule has 2 aromatic rings. The minimum atomic E-state index is -0.164. The van der Waals surface area contributed by atoms with Crippen LogP contribution in [0.3, 0.4) is 0 Å². The van der Waals surface area contributed by atoms with Crippen molar-refractivity contribution in [2.75, 3.05) is 52.2 Å². The zero-order valence-electron chi connectivity index (χ0n) is 18.8. The lowest BCUT2D eigenvalue weighted by Gasteiger charge is -2.41. The van der Waals surface area contributed by atoms with Crippen LogP contribution in [0.2, 0.25) is 0 Å². The largest absolute Gasteiger partial charge is 0.395 e. The number of nitrogens with one attached hydrogen (secondary N) is 3. The van der Waals surface area contributed by atoms with Crippen molar-refractivity contribution in [1.82, 2.24) is 9.97 Å². The smallest absolute Gasteiger partial charge is 0.258 e. The van der Waals surface area contributed by atoms with Crippen LogP contribution in [0.25, 0.3) is 0 Å². The summed E-state index contributed by atoms with van der Waals surface area (Å²) in [7, 11) is 0. The molecule has 1 saturated heterocycles. The molecule has 8 nitrogen and oxygen atoms in total. The van der Waals surface area contributed by atoms with Crippen molar-refractivity contribution in [3.63, 3.8) is 0 Å². The van der Waals surface area contributed by atoms with Crippen molar-refractivity contribution in [1.29, 1.82) is 0 Å². The zero-order valence-corrected chi connectivity index (χ0v) is 19.7. The van der Waals surface area contributed by atoms with Gasteiger partial charge >= 0.3 is 0 Å². The normalized spacial score (nSPS) is 21.8. The number of anilines is 4. The van der Waals surface area contributed by atoms with Crippen LogP contribution in [0.5, 0.6) is 0 Å². The van der Waals surface area contributed by atoms with Gasteiger partial charge in [-0.25, -0.2) is 4.98 Å². The number of fused-ring (bicyclic) bond motifs is 7. The Kier molecular flexibility index (Phi) is 6.59. The Morgan fingerprint density at radius 1 is 1.24 bits per heavy atom. The summed E-state index contributed by atoms with van der Waals surface area (Å²) in [5, 5.41) is 15.4. The van der Waals surface area contributed by atoms with E-state index < -0.39 is 0 Å². The Balaban J connectivity index is 1.48. The van der Waals surface area contributed by atoms with Gasteiger partial charge in [-0.1, -0.05) is 18.4 Å². The SMILES string of the molecule is O=C1Nc2ccnc(n2)NCCCC[C@@H]2CN(CCC23CC3)c2cc(NSCCO)ccc21. The number of amides is 1. The third kappa shape index (κ3) is 5.04. The lowest BCUT2D eigenvalue weighted by atomic mass is 9.79. The maximum atomic E-state index is 13.3. The molecule has 0 radical (unpaired) electrons. The van der Waals surface area contributed by atoms with Crippen LogP contribution in [-0.2, 0) is 0 Å². The van der Waals surface area contributed by atoms with E-state index in [4.69, 9.17) is 5.11 Å². The Labute approximate surface area is 199 Å². The van der Waals surface area contributed by atoms with Gasteiger partial charge in [0.2, 0.25) is 5.95 Å². The number of hydrogen-bond donors (Lipinski definition) is 4. The fraction of sp³-hybridized carbons (Fsp3) is 0.542. The van der Waals surface area contributed by atoms with E-state index in [9.17, 15) is 4.79 Å². The molecule has 1 spiro atoms. The van der Waals surface area contributed by atoms with E-state index in [0.717, 1.165) is 37.4 Å². The summed E-state index contributed by atoms with van der Waals surface area (Å²) >= 11 is 1.47. The fourth-order valence-corrected chi connectivity index (χ4v) is 5.68. The molecule has 4 bridgehead atoms. The van der Waals surface area contributed by atoms with Crippen molar-refractivity contribution in [3.05, 3.63) is 36.0 Å². The van der Waals surface area contributed by atoms with Crippen LogP contribution in [0.4, 0.5) is 23.1 Å². The summed E-state index contributed by atoms with van der Waals surface area (Å²) in [5.41, 5.74) is 3.07. The molecule has 9 heteroatoms. The van der Waals surface area contributed by atoms with Gasteiger partial charge in [0, 0.05) is 37.3 Å². The van der Waals surface area contributed by atoms with E-state index >= 15 is 0 Å². The third-order valence-electron chi connectivity index (χ3n) is 7.20. The molecule has 1 amide bonds.